The van der Waals surface area contributed by atoms with Crippen LogP contribution in [-0.2, 0) is 4.74 Å². The quantitative estimate of drug-likeness (QED) is 0.123. The molecule has 2 aromatic heterocycles. The summed E-state index contributed by atoms with van der Waals surface area (Å²) in [6, 6.07) is 18.8. The number of fused-ring (bicyclic) bond motifs is 1. The normalized spacial score (nSPS) is 13.1. The van der Waals surface area contributed by atoms with Gasteiger partial charge < -0.3 is 29.6 Å². The number of allylic oxidation sites excluding steroid dienone is 1. The number of nitrogens with one attached hydrogen (secondary N) is 2. The van der Waals surface area contributed by atoms with E-state index >= 15 is 4.39 Å². The second-order valence-electron chi connectivity index (χ2n) is 11.8. The number of amides is 1. The summed E-state index contributed by atoms with van der Waals surface area (Å²) in [6.45, 7) is 12.3. The van der Waals surface area contributed by atoms with Gasteiger partial charge in [-0.1, -0.05) is 36.9 Å². The summed E-state index contributed by atoms with van der Waals surface area (Å²) in [5.74, 6) is 0.0862. The lowest BCUT2D eigenvalue weighted by atomic mass is 10.1. The number of carbonyl (C=O) groups excluding carboxylic acids is 1. The van der Waals surface area contributed by atoms with Gasteiger partial charge >= 0.3 is 0 Å². The van der Waals surface area contributed by atoms with Gasteiger partial charge in [-0.15, -0.1) is 0 Å². The largest absolute Gasteiger partial charge is 0.493 e. The zero-order valence-electron chi connectivity index (χ0n) is 28.3. The molecule has 12 heteroatoms. The molecule has 11 nitrogen and oxygen atoms in total. The summed E-state index contributed by atoms with van der Waals surface area (Å²) in [7, 11) is 1.56. The van der Waals surface area contributed by atoms with Gasteiger partial charge in [-0.25, -0.2) is 14.4 Å². The molecule has 1 aliphatic rings. The Kier molecular flexibility index (Phi) is 10.8. The maximum Gasteiger partial charge on any atom is 0.293 e. The van der Waals surface area contributed by atoms with Crippen LogP contribution in [0.4, 0.5) is 15.8 Å². The molecule has 0 radical (unpaired) electrons. The van der Waals surface area contributed by atoms with Gasteiger partial charge in [0.15, 0.2) is 23.1 Å². The van der Waals surface area contributed by atoms with Crippen molar-refractivity contribution in [3.8, 4) is 34.3 Å². The molecular formula is C38H39FN6O5. The molecule has 3 heterocycles. The number of anilines is 2. The first-order valence-electron chi connectivity index (χ1n) is 16.3. The van der Waals surface area contributed by atoms with Gasteiger partial charge in [-0.2, -0.15) is 0 Å². The molecule has 2 N–H and O–H groups in total. The van der Waals surface area contributed by atoms with Crippen molar-refractivity contribution in [2.45, 2.75) is 20.3 Å². The van der Waals surface area contributed by atoms with Crippen molar-refractivity contribution in [3.63, 3.8) is 0 Å². The van der Waals surface area contributed by atoms with Gasteiger partial charge in [0.05, 0.1) is 49.5 Å². The fourth-order valence-electron chi connectivity index (χ4n) is 5.59. The smallest absolute Gasteiger partial charge is 0.293 e. The Labute approximate surface area is 290 Å². The summed E-state index contributed by atoms with van der Waals surface area (Å²) >= 11 is 0. The predicted molar refractivity (Wildman–Crippen MR) is 191 cm³/mol. The number of morpholine rings is 1. The summed E-state index contributed by atoms with van der Waals surface area (Å²) in [4.78, 5) is 29.1. The third-order valence-corrected chi connectivity index (χ3v) is 8.06. The van der Waals surface area contributed by atoms with Gasteiger partial charge in [0, 0.05) is 60.3 Å². The zero-order valence-corrected chi connectivity index (χ0v) is 28.3. The van der Waals surface area contributed by atoms with Crippen LogP contribution in [0.1, 0.15) is 29.7 Å². The number of aromatic nitrogens is 3. The van der Waals surface area contributed by atoms with Crippen molar-refractivity contribution in [2.24, 2.45) is 0 Å². The van der Waals surface area contributed by atoms with Crippen LogP contribution in [-0.4, -0.2) is 72.3 Å². The van der Waals surface area contributed by atoms with E-state index in [0.717, 1.165) is 44.8 Å². The minimum atomic E-state index is -0.678. The van der Waals surface area contributed by atoms with Crippen molar-refractivity contribution in [1.29, 1.82) is 0 Å². The van der Waals surface area contributed by atoms with E-state index in [1.807, 2.05) is 37.3 Å². The monoisotopic (exact) mass is 678 g/mol. The third kappa shape index (κ3) is 8.16. The van der Waals surface area contributed by atoms with Gasteiger partial charge in [0.1, 0.15) is 5.75 Å². The van der Waals surface area contributed by atoms with Crippen molar-refractivity contribution in [2.75, 3.05) is 57.2 Å². The molecule has 3 aromatic carbocycles. The SMILES string of the molecule is C=C(C)Nc1c(C)nc(C(=O)Nc2ccc(Oc3ccnc4cc(OCCCN5CCOCC5)c(OC)cc34)c(F)c2)nc1-c1ccccc1. The van der Waals surface area contributed by atoms with Gasteiger partial charge in [-0.05, 0) is 44.5 Å². The molecule has 0 atom stereocenters. The van der Waals surface area contributed by atoms with Crippen LogP contribution in [0.25, 0.3) is 22.2 Å². The van der Waals surface area contributed by atoms with E-state index < -0.39 is 11.7 Å². The summed E-state index contributed by atoms with van der Waals surface area (Å²) in [6.07, 6.45) is 2.44. The van der Waals surface area contributed by atoms with Gasteiger partial charge in [0.2, 0.25) is 5.82 Å². The summed E-state index contributed by atoms with van der Waals surface area (Å²) in [5, 5.41) is 6.51. The Morgan fingerprint density at radius 2 is 1.78 bits per heavy atom. The molecule has 0 saturated carbocycles. The highest BCUT2D eigenvalue weighted by Crippen LogP contribution is 2.38. The Hall–Kier alpha value is -5.59. The number of benzene rings is 3. The average Bonchev–Trinajstić information content (AvgIpc) is 3.12. The summed E-state index contributed by atoms with van der Waals surface area (Å²) in [5.41, 5.74) is 4.07. The lowest BCUT2D eigenvalue weighted by Gasteiger charge is -2.26. The maximum atomic E-state index is 15.4. The lowest BCUT2D eigenvalue weighted by molar-refractivity contribution is 0.0357. The number of rotatable bonds is 13. The van der Waals surface area contributed by atoms with E-state index in [9.17, 15) is 4.79 Å². The van der Waals surface area contributed by atoms with Crippen LogP contribution in [0, 0.1) is 12.7 Å². The molecule has 0 aliphatic carbocycles. The number of halogens is 1. The number of pyridine rings is 1. The van der Waals surface area contributed by atoms with Crippen LogP contribution in [0.3, 0.4) is 0 Å². The maximum absolute atomic E-state index is 15.4. The van der Waals surface area contributed by atoms with E-state index in [1.165, 1.54) is 12.1 Å². The molecule has 1 amide bonds. The second kappa shape index (κ2) is 15.7. The van der Waals surface area contributed by atoms with Crippen molar-refractivity contribution in [3.05, 3.63) is 103 Å². The number of methoxy groups -OCH3 is 1. The van der Waals surface area contributed by atoms with Crippen LogP contribution in [0.5, 0.6) is 23.0 Å². The van der Waals surface area contributed by atoms with E-state index in [-0.39, 0.29) is 17.3 Å². The number of hydrogen-bond donors (Lipinski definition) is 2. The number of hydrogen-bond acceptors (Lipinski definition) is 10. The number of nitrogens with zero attached hydrogens (tertiary/aromatic N) is 4. The van der Waals surface area contributed by atoms with E-state index in [2.05, 4.69) is 37.1 Å². The molecule has 6 rings (SSSR count). The highest BCUT2D eigenvalue weighted by atomic mass is 19.1. The lowest BCUT2D eigenvalue weighted by Crippen LogP contribution is -2.37. The molecule has 0 spiro atoms. The first kappa shape index (κ1) is 34.3. The molecule has 258 valence electrons. The van der Waals surface area contributed by atoms with Crippen LogP contribution >= 0.6 is 0 Å². The number of aryl methyl sites for hydroxylation is 1. The molecule has 5 aromatic rings. The molecule has 1 fully saturated rings. The average molecular weight is 679 g/mol. The Balaban J connectivity index is 1.16. The van der Waals surface area contributed by atoms with Crippen LogP contribution in [0.15, 0.2) is 85.2 Å². The highest BCUT2D eigenvalue weighted by molar-refractivity contribution is 6.02. The standard InChI is InChI=1S/C38H39FN6O5/c1-24(2)41-35-25(3)42-37(44-36(35)26-9-6-5-7-10-26)38(46)43-27-11-12-32(29(39)21-27)50-31-13-14-40-30-23-34(33(47-4)22-28(30)31)49-18-8-15-45-16-19-48-20-17-45/h5-7,9-14,21-23,41H,1,8,15-20H2,2-4H3,(H,43,46). The Morgan fingerprint density at radius 1 is 0.980 bits per heavy atom. The fraction of sp³-hybridized carbons (Fsp3) is 0.263. The van der Waals surface area contributed by atoms with E-state index in [4.69, 9.17) is 18.9 Å². The van der Waals surface area contributed by atoms with E-state index in [0.29, 0.717) is 57.5 Å². The van der Waals surface area contributed by atoms with Crippen molar-refractivity contribution in [1.82, 2.24) is 19.9 Å². The molecule has 1 saturated heterocycles. The fourth-order valence-corrected chi connectivity index (χ4v) is 5.59. The zero-order chi connectivity index (χ0) is 35.0. The second-order valence-corrected chi connectivity index (χ2v) is 11.8. The predicted octanol–water partition coefficient (Wildman–Crippen LogP) is 7.24. The minimum Gasteiger partial charge on any atom is -0.493 e. The molecule has 50 heavy (non-hydrogen) atoms. The minimum absolute atomic E-state index is 0.0356. The van der Waals surface area contributed by atoms with Gasteiger partial charge in [-0.3, -0.25) is 14.7 Å². The third-order valence-electron chi connectivity index (χ3n) is 8.06. The Bertz CT molecular complexity index is 2000. The highest BCUT2D eigenvalue weighted by Gasteiger charge is 2.20. The molecule has 1 aliphatic heterocycles. The van der Waals surface area contributed by atoms with Crippen molar-refractivity contribution < 1.29 is 28.1 Å². The van der Waals surface area contributed by atoms with E-state index in [1.54, 1.807) is 44.5 Å². The molecule has 0 bridgehead atoms. The molecular weight excluding hydrogens is 639 g/mol. The first-order chi connectivity index (χ1) is 24.3. The number of ether oxygens (including phenoxy) is 4. The molecule has 0 unspecified atom stereocenters. The van der Waals surface area contributed by atoms with Crippen LogP contribution in [0.2, 0.25) is 0 Å². The summed E-state index contributed by atoms with van der Waals surface area (Å²) < 4.78 is 38.5. The van der Waals surface area contributed by atoms with Crippen LogP contribution < -0.4 is 24.8 Å². The topological polar surface area (TPSA) is 120 Å². The first-order valence-corrected chi connectivity index (χ1v) is 16.3. The van der Waals surface area contributed by atoms with Gasteiger partial charge in [0.25, 0.3) is 5.91 Å². The Morgan fingerprint density at radius 3 is 2.52 bits per heavy atom. The number of carbonyl (C=O) groups is 1. The van der Waals surface area contributed by atoms with Crippen molar-refractivity contribution >= 4 is 28.2 Å².